The van der Waals surface area contributed by atoms with Gasteiger partial charge in [0, 0.05) is 10.4 Å². The Kier molecular flexibility index (Phi) is 6.50. The van der Waals surface area contributed by atoms with Gasteiger partial charge in [0.25, 0.3) is 5.91 Å². The lowest BCUT2D eigenvalue weighted by Gasteiger charge is -2.13. The highest BCUT2D eigenvalue weighted by Crippen LogP contribution is 2.21. The molecule has 0 fully saturated rings. The molecule has 3 rings (SSSR count). The van der Waals surface area contributed by atoms with E-state index in [0.717, 1.165) is 4.88 Å². The van der Waals surface area contributed by atoms with E-state index in [1.807, 2.05) is 17.5 Å². The standard InChI is InChI=1S/C20H19NO6S2/c1-14(19(22)21-12-16-6-5-11-28-16)27-20(23)18-15(9-10-26-18)13-29(24,25)17-7-3-2-4-8-17/h2-11,14H,12-13H2,1H3,(H,21,22). The summed E-state index contributed by atoms with van der Waals surface area (Å²) in [7, 11) is -3.66. The van der Waals surface area contributed by atoms with Crippen molar-refractivity contribution in [3.8, 4) is 0 Å². The van der Waals surface area contributed by atoms with Crippen molar-refractivity contribution in [3.05, 3.63) is 76.4 Å². The molecule has 0 aliphatic rings. The Morgan fingerprint density at radius 1 is 1.14 bits per heavy atom. The maximum atomic E-state index is 12.5. The van der Waals surface area contributed by atoms with Crippen LogP contribution in [-0.4, -0.2) is 26.4 Å². The lowest BCUT2D eigenvalue weighted by Crippen LogP contribution is -2.35. The molecular weight excluding hydrogens is 414 g/mol. The number of thiophene rings is 1. The Morgan fingerprint density at radius 2 is 1.90 bits per heavy atom. The van der Waals surface area contributed by atoms with Gasteiger partial charge in [0.2, 0.25) is 5.76 Å². The molecule has 152 valence electrons. The van der Waals surface area contributed by atoms with Crippen LogP contribution < -0.4 is 5.32 Å². The third kappa shape index (κ3) is 5.33. The molecule has 1 atom stereocenters. The van der Waals surface area contributed by atoms with Crippen molar-refractivity contribution in [2.24, 2.45) is 0 Å². The number of furan rings is 1. The van der Waals surface area contributed by atoms with Crippen LogP contribution in [0.25, 0.3) is 0 Å². The minimum Gasteiger partial charge on any atom is -0.457 e. The summed E-state index contributed by atoms with van der Waals surface area (Å²) >= 11 is 1.50. The molecule has 9 heteroatoms. The second-order valence-corrected chi connectivity index (χ2v) is 9.21. The predicted octanol–water partition coefficient (Wildman–Crippen LogP) is 3.18. The second-order valence-electron chi connectivity index (χ2n) is 6.19. The largest absolute Gasteiger partial charge is 0.457 e. The molecule has 2 heterocycles. The van der Waals surface area contributed by atoms with E-state index in [9.17, 15) is 18.0 Å². The molecule has 0 spiro atoms. The van der Waals surface area contributed by atoms with E-state index in [4.69, 9.17) is 9.15 Å². The monoisotopic (exact) mass is 433 g/mol. The maximum Gasteiger partial charge on any atom is 0.375 e. The molecule has 0 radical (unpaired) electrons. The smallest absolute Gasteiger partial charge is 0.375 e. The molecule has 7 nitrogen and oxygen atoms in total. The third-order valence-corrected chi connectivity index (χ3v) is 6.61. The van der Waals surface area contributed by atoms with Gasteiger partial charge < -0.3 is 14.5 Å². The van der Waals surface area contributed by atoms with Gasteiger partial charge in [-0.3, -0.25) is 4.79 Å². The molecule has 0 saturated heterocycles. The topological polar surface area (TPSA) is 103 Å². The van der Waals surface area contributed by atoms with Crippen LogP contribution in [0.4, 0.5) is 0 Å². The van der Waals surface area contributed by atoms with Gasteiger partial charge in [-0.1, -0.05) is 24.3 Å². The molecule has 1 unspecified atom stereocenters. The number of carbonyl (C=O) groups is 2. The van der Waals surface area contributed by atoms with E-state index in [1.165, 1.54) is 42.7 Å². The van der Waals surface area contributed by atoms with Gasteiger partial charge in [-0.15, -0.1) is 11.3 Å². The number of ether oxygens (including phenoxy) is 1. The second kappa shape index (κ2) is 9.06. The van der Waals surface area contributed by atoms with Gasteiger partial charge >= 0.3 is 5.97 Å². The molecular formula is C20H19NO6S2. The molecule has 0 aliphatic heterocycles. The van der Waals surface area contributed by atoms with Crippen molar-refractivity contribution in [1.82, 2.24) is 5.32 Å². The molecule has 0 saturated carbocycles. The molecule has 1 aromatic carbocycles. The van der Waals surface area contributed by atoms with Crippen LogP contribution in [0.5, 0.6) is 0 Å². The van der Waals surface area contributed by atoms with Crippen LogP contribution >= 0.6 is 11.3 Å². The highest BCUT2D eigenvalue weighted by atomic mass is 32.2. The first-order valence-electron chi connectivity index (χ1n) is 8.72. The molecule has 1 amide bonds. The number of hydrogen-bond acceptors (Lipinski definition) is 7. The molecule has 1 N–H and O–H groups in total. The fraction of sp³-hybridized carbons (Fsp3) is 0.200. The average molecular weight is 434 g/mol. The molecule has 29 heavy (non-hydrogen) atoms. The first-order chi connectivity index (χ1) is 13.9. The molecule has 0 aliphatic carbocycles. The number of esters is 1. The summed E-state index contributed by atoms with van der Waals surface area (Å²) in [5.74, 6) is -2.01. The van der Waals surface area contributed by atoms with Gasteiger partial charge in [0.15, 0.2) is 15.9 Å². The summed E-state index contributed by atoms with van der Waals surface area (Å²) in [6.45, 7) is 1.77. The Labute approximate surface area is 172 Å². The Balaban J connectivity index is 1.63. The summed E-state index contributed by atoms with van der Waals surface area (Å²) in [5, 5.41) is 4.57. The number of benzene rings is 1. The number of hydrogen-bond donors (Lipinski definition) is 1. The SMILES string of the molecule is CC(OC(=O)c1occc1CS(=O)(=O)c1ccccc1)C(=O)NCc1cccs1. The quantitative estimate of drug-likeness (QED) is 0.548. The molecule has 3 aromatic rings. The number of rotatable bonds is 8. The van der Waals surface area contributed by atoms with Crippen LogP contribution in [0.2, 0.25) is 0 Å². The zero-order valence-electron chi connectivity index (χ0n) is 15.5. The summed E-state index contributed by atoms with van der Waals surface area (Å²) in [6, 6.07) is 13.1. The summed E-state index contributed by atoms with van der Waals surface area (Å²) in [5.41, 5.74) is 0.171. The number of nitrogens with one attached hydrogen (secondary N) is 1. The van der Waals surface area contributed by atoms with E-state index < -0.39 is 33.6 Å². The first-order valence-corrected chi connectivity index (χ1v) is 11.3. The van der Waals surface area contributed by atoms with E-state index in [0.29, 0.717) is 6.54 Å². The van der Waals surface area contributed by atoms with E-state index in [1.54, 1.807) is 18.2 Å². The minimum absolute atomic E-state index is 0.141. The number of sulfone groups is 1. The zero-order valence-corrected chi connectivity index (χ0v) is 17.2. The maximum absolute atomic E-state index is 12.5. The fourth-order valence-corrected chi connectivity index (χ4v) is 4.56. The van der Waals surface area contributed by atoms with Gasteiger partial charge in [-0.25, -0.2) is 13.2 Å². The van der Waals surface area contributed by atoms with Crippen LogP contribution in [0.15, 0.2) is 69.5 Å². The Morgan fingerprint density at radius 3 is 2.59 bits per heavy atom. The van der Waals surface area contributed by atoms with Crippen LogP contribution in [0, 0.1) is 0 Å². The Hall–Kier alpha value is -2.91. The van der Waals surface area contributed by atoms with Gasteiger partial charge in [-0.05, 0) is 36.6 Å². The lowest BCUT2D eigenvalue weighted by atomic mass is 10.3. The lowest BCUT2D eigenvalue weighted by molar-refractivity contribution is -0.129. The van der Waals surface area contributed by atoms with Crippen molar-refractivity contribution in [2.75, 3.05) is 0 Å². The van der Waals surface area contributed by atoms with E-state index in [2.05, 4.69) is 5.32 Å². The summed E-state index contributed by atoms with van der Waals surface area (Å²) in [4.78, 5) is 25.6. The summed E-state index contributed by atoms with van der Waals surface area (Å²) < 4.78 is 35.4. The van der Waals surface area contributed by atoms with E-state index >= 15 is 0 Å². The van der Waals surface area contributed by atoms with Crippen LogP contribution in [0.1, 0.15) is 27.9 Å². The van der Waals surface area contributed by atoms with Crippen molar-refractivity contribution >= 4 is 33.1 Å². The van der Waals surface area contributed by atoms with E-state index in [-0.39, 0.29) is 16.2 Å². The van der Waals surface area contributed by atoms with Crippen molar-refractivity contribution < 1.29 is 27.2 Å². The van der Waals surface area contributed by atoms with Gasteiger partial charge in [0.05, 0.1) is 23.5 Å². The number of carbonyl (C=O) groups excluding carboxylic acids is 2. The zero-order chi connectivity index (χ0) is 20.9. The van der Waals surface area contributed by atoms with Crippen LogP contribution in [-0.2, 0) is 31.7 Å². The number of amides is 1. The minimum atomic E-state index is -3.66. The van der Waals surface area contributed by atoms with Crippen LogP contribution in [0.3, 0.4) is 0 Å². The highest BCUT2D eigenvalue weighted by Gasteiger charge is 2.26. The third-order valence-electron chi connectivity index (χ3n) is 4.05. The van der Waals surface area contributed by atoms with Gasteiger partial charge in [0.1, 0.15) is 0 Å². The van der Waals surface area contributed by atoms with Gasteiger partial charge in [-0.2, -0.15) is 0 Å². The van der Waals surface area contributed by atoms with Crippen molar-refractivity contribution in [1.29, 1.82) is 0 Å². The highest BCUT2D eigenvalue weighted by molar-refractivity contribution is 7.90. The first kappa shape index (κ1) is 20.8. The van der Waals surface area contributed by atoms with Crippen molar-refractivity contribution in [3.63, 3.8) is 0 Å². The molecule has 2 aromatic heterocycles. The average Bonchev–Trinajstić information content (AvgIpc) is 3.38. The Bertz CT molecular complexity index is 1070. The predicted molar refractivity (Wildman–Crippen MR) is 107 cm³/mol. The van der Waals surface area contributed by atoms with Crippen molar-refractivity contribution in [2.45, 2.75) is 30.2 Å². The summed E-state index contributed by atoms with van der Waals surface area (Å²) in [6.07, 6.45) is 0.152. The fourth-order valence-electron chi connectivity index (χ4n) is 2.54. The molecule has 0 bridgehead atoms. The normalized spacial score (nSPS) is 12.3.